The highest BCUT2D eigenvalue weighted by atomic mass is 19.1. The Balaban J connectivity index is 2.31. The fourth-order valence-corrected chi connectivity index (χ4v) is 1.89. The van der Waals surface area contributed by atoms with Gasteiger partial charge in [0.2, 0.25) is 0 Å². The topological polar surface area (TPSA) is 55.2 Å². The lowest BCUT2D eigenvalue weighted by Gasteiger charge is -2.17. The Bertz CT molecular complexity index is 692. The SMILES string of the molecule is CC(Nc1cc([N+](=O)[O-])ccc1F)c1cc(F)ccc1F. The van der Waals surface area contributed by atoms with Crippen molar-refractivity contribution in [3.8, 4) is 0 Å². The third-order valence-corrected chi connectivity index (χ3v) is 2.96. The highest BCUT2D eigenvalue weighted by molar-refractivity contribution is 5.53. The molecule has 0 aliphatic rings. The molecule has 7 heteroatoms. The first-order chi connectivity index (χ1) is 9.88. The number of hydrogen-bond acceptors (Lipinski definition) is 3. The fourth-order valence-electron chi connectivity index (χ4n) is 1.89. The molecule has 4 nitrogen and oxygen atoms in total. The van der Waals surface area contributed by atoms with Gasteiger partial charge in [-0.15, -0.1) is 0 Å². The summed E-state index contributed by atoms with van der Waals surface area (Å²) in [7, 11) is 0. The lowest BCUT2D eigenvalue weighted by molar-refractivity contribution is -0.384. The van der Waals surface area contributed by atoms with Crippen LogP contribution in [0.5, 0.6) is 0 Å². The van der Waals surface area contributed by atoms with E-state index in [1.807, 2.05) is 0 Å². The van der Waals surface area contributed by atoms with Crippen molar-refractivity contribution in [3.05, 3.63) is 69.5 Å². The number of nitro groups is 1. The summed E-state index contributed by atoms with van der Waals surface area (Å²) in [5.74, 6) is -1.99. The average Bonchev–Trinajstić information content (AvgIpc) is 2.43. The molecule has 1 N–H and O–H groups in total. The second kappa shape index (κ2) is 5.82. The summed E-state index contributed by atoms with van der Waals surface area (Å²) in [5, 5.41) is 13.3. The van der Waals surface area contributed by atoms with Crippen LogP contribution in [0.1, 0.15) is 18.5 Å². The largest absolute Gasteiger partial charge is 0.376 e. The molecule has 0 aromatic heterocycles. The van der Waals surface area contributed by atoms with E-state index in [0.29, 0.717) is 0 Å². The van der Waals surface area contributed by atoms with Gasteiger partial charge >= 0.3 is 0 Å². The van der Waals surface area contributed by atoms with E-state index in [1.165, 1.54) is 6.92 Å². The van der Waals surface area contributed by atoms with E-state index >= 15 is 0 Å². The first-order valence-corrected chi connectivity index (χ1v) is 6.04. The number of nitrogens with one attached hydrogen (secondary N) is 1. The van der Waals surface area contributed by atoms with Crippen molar-refractivity contribution < 1.29 is 18.1 Å². The van der Waals surface area contributed by atoms with Crippen molar-refractivity contribution in [2.45, 2.75) is 13.0 Å². The summed E-state index contributed by atoms with van der Waals surface area (Å²) < 4.78 is 40.4. The summed E-state index contributed by atoms with van der Waals surface area (Å²) in [5.41, 5.74) is -0.452. The van der Waals surface area contributed by atoms with Crippen molar-refractivity contribution >= 4 is 11.4 Å². The number of benzene rings is 2. The van der Waals surface area contributed by atoms with Crippen molar-refractivity contribution in [1.82, 2.24) is 0 Å². The standard InChI is InChI=1S/C14H11F3N2O2/c1-8(11-6-9(15)2-4-12(11)16)18-14-7-10(19(20)21)3-5-13(14)17/h2-8,18H,1H3. The van der Waals surface area contributed by atoms with E-state index in [4.69, 9.17) is 0 Å². The van der Waals surface area contributed by atoms with Crippen molar-refractivity contribution in [2.24, 2.45) is 0 Å². The van der Waals surface area contributed by atoms with Gasteiger partial charge in [-0.25, -0.2) is 13.2 Å². The number of halogens is 3. The molecule has 0 aliphatic heterocycles. The lowest BCUT2D eigenvalue weighted by Crippen LogP contribution is -2.10. The van der Waals surface area contributed by atoms with Crippen LogP contribution in [0.25, 0.3) is 0 Å². The molecule has 0 amide bonds. The van der Waals surface area contributed by atoms with Gasteiger partial charge in [0.1, 0.15) is 17.5 Å². The highest BCUT2D eigenvalue weighted by Crippen LogP contribution is 2.27. The van der Waals surface area contributed by atoms with Gasteiger partial charge in [0.15, 0.2) is 0 Å². The molecular formula is C14H11F3N2O2. The highest BCUT2D eigenvalue weighted by Gasteiger charge is 2.16. The Hall–Kier alpha value is -2.57. The van der Waals surface area contributed by atoms with Crippen LogP contribution in [0, 0.1) is 27.6 Å². The Morgan fingerprint density at radius 1 is 1.10 bits per heavy atom. The molecule has 0 saturated carbocycles. The Kier molecular flexibility index (Phi) is 4.11. The molecule has 0 bridgehead atoms. The molecule has 2 aromatic rings. The predicted octanol–water partition coefficient (Wildman–Crippen LogP) is 4.19. The van der Waals surface area contributed by atoms with Gasteiger partial charge in [-0.2, -0.15) is 0 Å². The quantitative estimate of drug-likeness (QED) is 0.680. The molecule has 1 unspecified atom stereocenters. The maximum atomic E-state index is 13.6. The third-order valence-electron chi connectivity index (χ3n) is 2.96. The van der Waals surface area contributed by atoms with Crippen molar-refractivity contribution in [2.75, 3.05) is 5.32 Å². The molecule has 21 heavy (non-hydrogen) atoms. The zero-order valence-corrected chi connectivity index (χ0v) is 10.9. The van der Waals surface area contributed by atoms with Gasteiger partial charge in [0.05, 0.1) is 16.7 Å². The fraction of sp³-hybridized carbons (Fsp3) is 0.143. The average molecular weight is 296 g/mol. The van der Waals surface area contributed by atoms with Gasteiger partial charge < -0.3 is 5.32 Å². The summed E-state index contributed by atoms with van der Waals surface area (Å²) >= 11 is 0. The number of hydrogen-bond donors (Lipinski definition) is 1. The second-order valence-corrected chi connectivity index (χ2v) is 4.45. The zero-order chi connectivity index (χ0) is 15.6. The smallest absolute Gasteiger partial charge is 0.271 e. The van der Waals surface area contributed by atoms with Crippen LogP contribution in [0.4, 0.5) is 24.5 Å². The van der Waals surface area contributed by atoms with Gasteiger partial charge in [-0.1, -0.05) is 0 Å². The Morgan fingerprint density at radius 3 is 2.43 bits per heavy atom. The van der Waals surface area contributed by atoms with Crippen LogP contribution < -0.4 is 5.32 Å². The summed E-state index contributed by atoms with van der Waals surface area (Å²) in [4.78, 5) is 10.00. The van der Waals surface area contributed by atoms with Crippen molar-refractivity contribution in [3.63, 3.8) is 0 Å². The molecule has 0 radical (unpaired) electrons. The maximum absolute atomic E-state index is 13.6. The number of non-ortho nitro benzene ring substituents is 1. The van der Waals surface area contributed by atoms with E-state index in [-0.39, 0.29) is 16.9 Å². The molecule has 1 atom stereocenters. The molecule has 2 rings (SSSR count). The summed E-state index contributed by atoms with van der Waals surface area (Å²) in [6.07, 6.45) is 0. The number of nitro benzene ring substituents is 1. The van der Waals surface area contributed by atoms with E-state index in [9.17, 15) is 23.3 Å². The monoisotopic (exact) mass is 296 g/mol. The second-order valence-electron chi connectivity index (χ2n) is 4.45. The van der Waals surface area contributed by atoms with Gasteiger partial charge in [0, 0.05) is 17.7 Å². The van der Waals surface area contributed by atoms with Crippen LogP contribution in [0.2, 0.25) is 0 Å². The number of nitrogens with zero attached hydrogens (tertiary/aromatic N) is 1. The van der Waals surface area contributed by atoms with Gasteiger partial charge in [-0.3, -0.25) is 10.1 Å². The Morgan fingerprint density at radius 2 is 1.76 bits per heavy atom. The first-order valence-electron chi connectivity index (χ1n) is 6.04. The van der Waals surface area contributed by atoms with Crippen LogP contribution in [-0.4, -0.2) is 4.92 Å². The van der Waals surface area contributed by atoms with Crippen LogP contribution in [0.3, 0.4) is 0 Å². The third kappa shape index (κ3) is 3.31. The molecule has 0 spiro atoms. The summed E-state index contributed by atoms with van der Waals surface area (Å²) in [6.45, 7) is 1.50. The van der Waals surface area contributed by atoms with E-state index in [1.54, 1.807) is 0 Å². The van der Waals surface area contributed by atoms with E-state index < -0.39 is 28.4 Å². The van der Waals surface area contributed by atoms with Gasteiger partial charge in [0.25, 0.3) is 5.69 Å². The van der Waals surface area contributed by atoms with Crippen LogP contribution in [0.15, 0.2) is 36.4 Å². The maximum Gasteiger partial charge on any atom is 0.271 e. The minimum Gasteiger partial charge on any atom is -0.376 e. The zero-order valence-electron chi connectivity index (χ0n) is 10.9. The summed E-state index contributed by atoms with van der Waals surface area (Å²) in [6, 6.07) is 5.12. The van der Waals surface area contributed by atoms with Crippen LogP contribution >= 0.6 is 0 Å². The van der Waals surface area contributed by atoms with Crippen molar-refractivity contribution in [1.29, 1.82) is 0 Å². The molecule has 0 heterocycles. The molecular weight excluding hydrogens is 285 g/mol. The molecule has 2 aromatic carbocycles. The van der Waals surface area contributed by atoms with Crippen LogP contribution in [-0.2, 0) is 0 Å². The first kappa shape index (κ1) is 14.8. The predicted molar refractivity (Wildman–Crippen MR) is 71.5 cm³/mol. The molecule has 0 saturated heterocycles. The molecule has 0 aliphatic carbocycles. The number of anilines is 1. The normalized spacial score (nSPS) is 12.0. The molecule has 0 fully saturated rings. The molecule has 110 valence electrons. The minimum atomic E-state index is -0.766. The number of rotatable bonds is 4. The van der Waals surface area contributed by atoms with E-state index in [2.05, 4.69) is 5.32 Å². The lowest BCUT2D eigenvalue weighted by atomic mass is 10.1. The van der Waals surface area contributed by atoms with Gasteiger partial charge in [-0.05, 0) is 31.2 Å². The Labute approximate surface area is 118 Å². The minimum absolute atomic E-state index is 0.000839. The van der Waals surface area contributed by atoms with E-state index in [0.717, 1.165) is 36.4 Å².